The van der Waals surface area contributed by atoms with Crippen molar-refractivity contribution >= 4 is 11.0 Å². The predicted molar refractivity (Wildman–Crippen MR) is 60.9 cm³/mol. The molecule has 0 saturated carbocycles. The monoisotopic (exact) mass is 386 g/mol. The van der Waals surface area contributed by atoms with Crippen LogP contribution in [0.2, 0.25) is 0 Å². The molecule has 2 aromatic rings. The van der Waals surface area contributed by atoms with Crippen molar-refractivity contribution < 1.29 is 48.3 Å². The number of nitrogens with zero attached hydrogens (tertiary/aromatic N) is 1. The molecule has 0 amide bonds. The molecule has 0 saturated heterocycles. The average molecular weight is 386 g/mol. The highest BCUT2D eigenvalue weighted by molar-refractivity contribution is 5.74. The Bertz CT molecular complexity index is 742. The number of halogens is 11. The molecular formula is C12H5F11N2. The summed E-state index contributed by atoms with van der Waals surface area (Å²) in [5, 5.41) is 0. The molecule has 0 radical (unpaired) electrons. The molecule has 13 heteroatoms. The lowest BCUT2D eigenvalue weighted by Crippen LogP contribution is -2.65. The molecule has 25 heavy (non-hydrogen) atoms. The average Bonchev–Trinajstić information content (AvgIpc) is 2.90. The Balaban J connectivity index is 2.59. The fourth-order valence-electron chi connectivity index (χ4n) is 1.82. The molecule has 1 N–H and O–H groups in total. The van der Waals surface area contributed by atoms with Gasteiger partial charge in [-0.05, 0) is 12.1 Å². The fourth-order valence-corrected chi connectivity index (χ4v) is 1.82. The number of aromatic nitrogens is 2. The topological polar surface area (TPSA) is 28.7 Å². The van der Waals surface area contributed by atoms with Crippen molar-refractivity contribution in [2.75, 3.05) is 0 Å². The lowest BCUT2D eigenvalue weighted by Gasteiger charge is -2.36. The van der Waals surface area contributed by atoms with Crippen LogP contribution in [0.15, 0.2) is 24.3 Å². The van der Waals surface area contributed by atoms with Crippen molar-refractivity contribution in [3.63, 3.8) is 0 Å². The van der Waals surface area contributed by atoms with Crippen LogP contribution in [-0.4, -0.2) is 33.9 Å². The number of aromatic amines is 1. The summed E-state index contributed by atoms with van der Waals surface area (Å²) < 4.78 is 142. The van der Waals surface area contributed by atoms with Gasteiger partial charge < -0.3 is 4.98 Å². The molecule has 0 aliphatic rings. The van der Waals surface area contributed by atoms with Gasteiger partial charge >= 0.3 is 29.9 Å². The molecule has 1 aromatic heterocycles. The van der Waals surface area contributed by atoms with Crippen LogP contribution in [0, 0.1) is 0 Å². The third kappa shape index (κ3) is 2.51. The number of H-pyrrole nitrogens is 1. The number of hydrogen-bond donors (Lipinski definition) is 1. The highest BCUT2D eigenvalue weighted by atomic mass is 19.4. The third-order valence-electron chi connectivity index (χ3n) is 3.23. The van der Waals surface area contributed by atoms with E-state index >= 15 is 0 Å². The molecule has 0 bridgehead atoms. The number of fused-ring (bicyclic) bond motifs is 1. The van der Waals surface area contributed by atoms with E-state index in [1.807, 2.05) is 0 Å². The van der Waals surface area contributed by atoms with Gasteiger partial charge in [-0.15, -0.1) is 0 Å². The highest BCUT2D eigenvalue weighted by Gasteiger charge is 2.87. The normalized spacial score (nSPS) is 15.0. The Morgan fingerprint density at radius 1 is 0.680 bits per heavy atom. The molecule has 0 atom stereocenters. The molecule has 0 spiro atoms. The molecule has 0 aliphatic heterocycles. The van der Waals surface area contributed by atoms with Gasteiger partial charge in [0.25, 0.3) is 0 Å². The second-order valence-electron chi connectivity index (χ2n) is 4.90. The number of rotatable bonds is 4. The fraction of sp³-hybridized carbons (Fsp3) is 0.417. The summed E-state index contributed by atoms with van der Waals surface area (Å²) in [6.45, 7) is 0. The largest absolute Gasteiger partial charge is 0.460 e. The Morgan fingerprint density at radius 2 is 1.20 bits per heavy atom. The summed E-state index contributed by atoms with van der Waals surface area (Å²) >= 11 is 0. The minimum atomic E-state index is -7.46. The third-order valence-corrected chi connectivity index (χ3v) is 3.23. The number of imidazole rings is 1. The first-order chi connectivity index (χ1) is 11.1. The first kappa shape index (κ1) is 19.2. The molecule has 2 nitrogen and oxygen atoms in total. The Morgan fingerprint density at radius 3 is 1.68 bits per heavy atom. The van der Waals surface area contributed by atoms with Crippen molar-refractivity contribution in [2.45, 2.75) is 29.9 Å². The molecule has 0 aliphatic carbocycles. The number of nitrogens with one attached hydrogen (secondary N) is 1. The van der Waals surface area contributed by atoms with Crippen LogP contribution in [0.4, 0.5) is 48.3 Å². The minimum Gasteiger partial charge on any atom is -0.337 e. The summed E-state index contributed by atoms with van der Waals surface area (Å²) in [6.07, 6.45) is -7.19. The summed E-state index contributed by atoms with van der Waals surface area (Å²) in [7, 11) is 0. The Labute approximate surface area is 130 Å². The van der Waals surface area contributed by atoms with E-state index in [2.05, 4.69) is 4.98 Å². The number of para-hydroxylation sites is 2. The van der Waals surface area contributed by atoms with Gasteiger partial charge in [-0.1, -0.05) is 12.1 Å². The van der Waals surface area contributed by atoms with E-state index in [1.54, 1.807) is 0 Å². The summed E-state index contributed by atoms with van der Waals surface area (Å²) in [6, 6.07) is 4.43. The first-order valence-electron chi connectivity index (χ1n) is 6.10. The maximum Gasteiger partial charge on any atom is 0.460 e. The van der Waals surface area contributed by atoms with Crippen LogP contribution in [0.3, 0.4) is 0 Å². The molecule has 0 fully saturated rings. The summed E-state index contributed by atoms with van der Waals surface area (Å²) in [4.78, 5) is 4.37. The van der Waals surface area contributed by atoms with Gasteiger partial charge in [0, 0.05) is 0 Å². The van der Waals surface area contributed by atoms with Gasteiger partial charge in [0.2, 0.25) is 0 Å². The van der Waals surface area contributed by atoms with Crippen molar-refractivity contribution in [2.24, 2.45) is 0 Å². The van der Waals surface area contributed by atoms with Gasteiger partial charge in [-0.25, -0.2) is 4.98 Å². The van der Waals surface area contributed by atoms with Crippen LogP contribution in [0.1, 0.15) is 5.82 Å². The maximum absolute atomic E-state index is 13.8. The minimum absolute atomic E-state index is 0.348. The molecular weight excluding hydrogens is 381 g/mol. The SMILES string of the molecule is FC(F)(F)C(F)(F)C(F)(F)C(F)(F)C(F)(F)c1nc2ccccc2[nH]1. The highest BCUT2D eigenvalue weighted by Crippen LogP contribution is 2.59. The van der Waals surface area contributed by atoms with E-state index in [4.69, 9.17) is 0 Å². The molecule has 0 unspecified atom stereocenters. The first-order valence-corrected chi connectivity index (χ1v) is 6.10. The molecule has 1 heterocycles. The smallest absolute Gasteiger partial charge is 0.337 e. The molecule has 2 rings (SSSR count). The van der Waals surface area contributed by atoms with Gasteiger partial charge in [0.05, 0.1) is 11.0 Å². The maximum atomic E-state index is 13.8. The van der Waals surface area contributed by atoms with Gasteiger partial charge in [-0.3, -0.25) is 0 Å². The van der Waals surface area contributed by atoms with Crippen molar-refractivity contribution in [3.05, 3.63) is 30.1 Å². The lowest BCUT2D eigenvalue weighted by molar-refractivity contribution is -0.425. The second-order valence-corrected chi connectivity index (χ2v) is 4.90. The quantitative estimate of drug-likeness (QED) is 0.726. The van der Waals surface area contributed by atoms with Crippen LogP contribution < -0.4 is 0 Å². The van der Waals surface area contributed by atoms with E-state index in [0.717, 1.165) is 12.1 Å². The van der Waals surface area contributed by atoms with Gasteiger partial charge in [0.15, 0.2) is 5.82 Å². The van der Waals surface area contributed by atoms with E-state index in [9.17, 15) is 48.3 Å². The second kappa shape index (κ2) is 5.21. The van der Waals surface area contributed by atoms with E-state index in [1.165, 1.54) is 17.1 Å². The van der Waals surface area contributed by atoms with Crippen LogP contribution in [0.25, 0.3) is 11.0 Å². The predicted octanol–water partition coefficient (Wildman–Crippen LogP) is 5.12. The van der Waals surface area contributed by atoms with E-state index < -0.39 is 41.2 Å². The zero-order valence-electron chi connectivity index (χ0n) is 11.4. The van der Waals surface area contributed by atoms with Crippen LogP contribution in [0.5, 0.6) is 0 Å². The van der Waals surface area contributed by atoms with Crippen molar-refractivity contribution in [3.8, 4) is 0 Å². The van der Waals surface area contributed by atoms with Gasteiger partial charge in [-0.2, -0.15) is 48.3 Å². The summed E-state index contributed by atoms with van der Waals surface area (Å²) in [5.74, 6) is -30.3. The van der Waals surface area contributed by atoms with Crippen LogP contribution >= 0.6 is 0 Å². The van der Waals surface area contributed by atoms with Crippen LogP contribution in [-0.2, 0) is 5.92 Å². The number of hydrogen-bond acceptors (Lipinski definition) is 1. The molecule has 1 aromatic carbocycles. The zero-order chi connectivity index (χ0) is 19.5. The molecule has 140 valence electrons. The lowest BCUT2D eigenvalue weighted by atomic mass is 9.97. The van der Waals surface area contributed by atoms with Crippen molar-refractivity contribution in [1.82, 2.24) is 9.97 Å². The van der Waals surface area contributed by atoms with Gasteiger partial charge in [0.1, 0.15) is 0 Å². The van der Waals surface area contributed by atoms with E-state index in [0.29, 0.717) is 0 Å². The number of alkyl halides is 11. The summed E-state index contributed by atoms with van der Waals surface area (Å²) in [5.41, 5.74) is -0.766. The van der Waals surface area contributed by atoms with Crippen molar-refractivity contribution in [1.29, 1.82) is 0 Å². The Kier molecular flexibility index (Phi) is 4.01. The number of benzene rings is 1. The standard InChI is InChI=1S/C12H5F11N2/c13-8(14,7-24-5-3-1-2-4-6(5)25-7)9(15,16)10(17,18)11(19,20)12(21,22)23/h1-4H,(H,24,25). The zero-order valence-corrected chi connectivity index (χ0v) is 11.4. The Hall–Kier alpha value is -2.08. The van der Waals surface area contributed by atoms with E-state index in [-0.39, 0.29) is 5.52 Å².